The van der Waals surface area contributed by atoms with Crippen molar-refractivity contribution in [2.24, 2.45) is 11.3 Å². The van der Waals surface area contributed by atoms with Crippen LogP contribution < -0.4 is 15.4 Å². The highest BCUT2D eigenvalue weighted by atomic mass is 32.2. The maximum absolute atomic E-state index is 12.2. The van der Waals surface area contributed by atoms with E-state index < -0.39 is 15.6 Å². The standard InChI is InChI=1S/C13H25N3O3S/c1-12(2,16-20(3,18)19)9-15-11(17)10-8-13(10)4-6-14-7-5-13/h10,14,16H,4-9H2,1-3H3,(H,15,17). The van der Waals surface area contributed by atoms with Gasteiger partial charge in [0.2, 0.25) is 15.9 Å². The number of carbonyl (C=O) groups excluding carboxylic acids is 1. The average Bonchev–Trinajstić information content (AvgIpc) is 2.98. The second-order valence-corrected chi connectivity index (χ2v) is 8.59. The molecular weight excluding hydrogens is 278 g/mol. The van der Waals surface area contributed by atoms with Gasteiger partial charge in [0.15, 0.2) is 0 Å². The highest BCUT2D eigenvalue weighted by Gasteiger charge is 2.57. The van der Waals surface area contributed by atoms with Gasteiger partial charge in [-0.15, -0.1) is 0 Å². The Kier molecular flexibility index (Phi) is 4.15. The first-order valence-electron chi connectivity index (χ1n) is 7.11. The zero-order valence-electron chi connectivity index (χ0n) is 12.5. The lowest BCUT2D eigenvalue weighted by Gasteiger charge is -2.26. The van der Waals surface area contributed by atoms with Crippen molar-refractivity contribution >= 4 is 15.9 Å². The molecule has 2 fully saturated rings. The third-order valence-electron chi connectivity index (χ3n) is 4.27. The van der Waals surface area contributed by atoms with E-state index in [1.807, 2.05) is 0 Å². The monoisotopic (exact) mass is 303 g/mol. The van der Waals surface area contributed by atoms with E-state index in [9.17, 15) is 13.2 Å². The summed E-state index contributed by atoms with van der Waals surface area (Å²) in [5.41, 5.74) is -0.455. The Bertz CT molecular complexity index is 481. The minimum atomic E-state index is -3.27. The fraction of sp³-hybridized carbons (Fsp3) is 0.923. The number of piperidine rings is 1. The van der Waals surface area contributed by atoms with Crippen LogP contribution >= 0.6 is 0 Å². The van der Waals surface area contributed by atoms with Crippen LogP contribution in [0.5, 0.6) is 0 Å². The lowest BCUT2D eigenvalue weighted by molar-refractivity contribution is -0.123. The van der Waals surface area contributed by atoms with Crippen molar-refractivity contribution in [1.29, 1.82) is 0 Å². The number of carbonyl (C=O) groups is 1. The third-order valence-corrected chi connectivity index (χ3v) is 5.20. The second kappa shape index (κ2) is 5.27. The predicted molar refractivity (Wildman–Crippen MR) is 77.7 cm³/mol. The van der Waals surface area contributed by atoms with E-state index in [2.05, 4.69) is 15.4 Å². The highest BCUT2D eigenvalue weighted by molar-refractivity contribution is 7.88. The predicted octanol–water partition coefficient (Wildman–Crippen LogP) is -0.180. The molecule has 0 aromatic rings. The van der Waals surface area contributed by atoms with Crippen molar-refractivity contribution in [3.63, 3.8) is 0 Å². The van der Waals surface area contributed by atoms with E-state index in [-0.39, 0.29) is 17.2 Å². The Morgan fingerprint density at radius 3 is 2.50 bits per heavy atom. The van der Waals surface area contributed by atoms with Crippen LogP contribution in [0, 0.1) is 11.3 Å². The van der Waals surface area contributed by atoms with E-state index in [1.54, 1.807) is 13.8 Å². The fourth-order valence-corrected chi connectivity index (χ4v) is 4.24. The van der Waals surface area contributed by atoms with Crippen LogP contribution in [0.15, 0.2) is 0 Å². The maximum atomic E-state index is 12.2. The third kappa shape index (κ3) is 3.93. The molecule has 1 amide bonds. The van der Waals surface area contributed by atoms with Crippen molar-refractivity contribution in [2.75, 3.05) is 25.9 Å². The molecule has 6 nitrogen and oxygen atoms in total. The molecule has 1 unspecified atom stereocenters. The first-order chi connectivity index (χ1) is 9.14. The van der Waals surface area contributed by atoms with Crippen molar-refractivity contribution in [1.82, 2.24) is 15.4 Å². The summed E-state index contributed by atoms with van der Waals surface area (Å²) in [7, 11) is -3.27. The molecule has 1 saturated heterocycles. The van der Waals surface area contributed by atoms with Crippen LogP contribution in [-0.4, -0.2) is 45.8 Å². The minimum absolute atomic E-state index is 0.0651. The van der Waals surface area contributed by atoms with Gasteiger partial charge in [0.05, 0.1) is 6.26 Å². The molecule has 1 aliphatic carbocycles. The van der Waals surface area contributed by atoms with E-state index >= 15 is 0 Å². The molecule has 2 rings (SSSR count). The second-order valence-electron chi connectivity index (χ2n) is 6.84. The van der Waals surface area contributed by atoms with Gasteiger partial charge in [-0.1, -0.05) is 0 Å². The zero-order chi connectivity index (χ0) is 15.0. The normalized spacial score (nSPS) is 25.4. The summed E-state index contributed by atoms with van der Waals surface area (Å²) in [5, 5.41) is 6.21. The Balaban J connectivity index is 1.81. The molecule has 1 spiro atoms. The van der Waals surface area contributed by atoms with Gasteiger partial charge in [-0.2, -0.15) is 0 Å². The van der Waals surface area contributed by atoms with Crippen molar-refractivity contribution in [3.05, 3.63) is 0 Å². The van der Waals surface area contributed by atoms with Crippen molar-refractivity contribution in [3.8, 4) is 0 Å². The first kappa shape index (κ1) is 15.7. The van der Waals surface area contributed by atoms with Crippen LogP contribution in [0.25, 0.3) is 0 Å². The quantitative estimate of drug-likeness (QED) is 0.657. The number of hydrogen-bond acceptors (Lipinski definition) is 4. The van der Waals surface area contributed by atoms with Crippen LogP contribution in [-0.2, 0) is 14.8 Å². The number of rotatable bonds is 5. The molecule has 0 aromatic carbocycles. The molecule has 1 saturated carbocycles. The zero-order valence-corrected chi connectivity index (χ0v) is 13.3. The van der Waals surface area contributed by atoms with Gasteiger partial charge in [-0.3, -0.25) is 4.79 Å². The summed E-state index contributed by atoms with van der Waals surface area (Å²) in [5.74, 6) is 0.175. The Labute approximate surface area is 121 Å². The molecule has 0 aromatic heterocycles. The molecule has 116 valence electrons. The Hall–Kier alpha value is -0.660. The van der Waals surface area contributed by atoms with Gasteiger partial charge in [0.25, 0.3) is 0 Å². The lowest BCUT2D eigenvalue weighted by Crippen LogP contribution is -2.51. The van der Waals surface area contributed by atoms with Crippen LogP contribution in [0.2, 0.25) is 0 Å². The van der Waals surface area contributed by atoms with E-state index in [0.717, 1.165) is 38.6 Å². The fourth-order valence-electron chi connectivity index (χ4n) is 3.16. The minimum Gasteiger partial charge on any atom is -0.354 e. The van der Waals surface area contributed by atoms with Gasteiger partial charge in [0.1, 0.15) is 0 Å². The highest BCUT2D eigenvalue weighted by Crippen LogP contribution is 2.58. The topological polar surface area (TPSA) is 87.3 Å². The molecule has 1 atom stereocenters. The molecule has 7 heteroatoms. The van der Waals surface area contributed by atoms with Crippen LogP contribution in [0.1, 0.15) is 33.1 Å². The molecule has 1 aliphatic heterocycles. The lowest BCUT2D eigenvalue weighted by atomic mass is 9.91. The molecule has 0 radical (unpaired) electrons. The summed E-state index contributed by atoms with van der Waals surface area (Å²) in [6.45, 7) is 5.82. The molecular formula is C13H25N3O3S. The smallest absolute Gasteiger partial charge is 0.223 e. The molecule has 3 N–H and O–H groups in total. The largest absolute Gasteiger partial charge is 0.354 e. The molecule has 20 heavy (non-hydrogen) atoms. The van der Waals surface area contributed by atoms with Gasteiger partial charge < -0.3 is 10.6 Å². The summed E-state index contributed by atoms with van der Waals surface area (Å²) >= 11 is 0. The van der Waals surface area contributed by atoms with E-state index in [4.69, 9.17) is 0 Å². The summed E-state index contributed by atoms with van der Waals surface area (Å²) in [6.07, 6.45) is 4.23. The number of nitrogens with one attached hydrogen (secondary N) is 3. The van der Waals surface area contributed by atoms with Gasteiger partial charge in [-0.05, 0) is 51.6 Å². The van der Waals surface area contributed by atoms with Crippen molar-refractivity contribution < 1.29 is 13.2 Å². The Morgan fingerprint density at radius 2 is 1.95 bits per heavy atom. The van der Waals surface area contributed by atoms with Crippen LogP contribution in [0.4, 0.5) is 0 Å². The van der Waals surface area contributed by atoms with Crippen molar-refractivity contribution in [2.45, 2.75) is 38.6 Å². The van der Waals surface area contributed by atoms with Gasteiger partial charge in [-0.25, -0.2) is 13.1 Å². The summed E-state index contributed by atoms with van der Waals surface area (Å²) in [6, 6.07) is 0. The molecule has 2 aliphatic rings. The average molecular weight is 303 g/mol. The molecule has 1 heterocycles. The van der Waals surface area contributed by atoms with E-state index in [0.29, 0.717) is 6.54 Å². The SMILES string of the molecule is CC(C)(CNC(=O)C1CC12CCNCC2)NS(C)(=O)=O. The van der Waals surface area contributed by atoms with E-state index in [1.165, 1.54) is 0 Å². The number of sulfonamides is 1. The summed E-state index contributed by atoms with van der Waals surface area (Å²) in [4.78, 5) is 12.2. The first-order valence-corrected chi connectivity index (χ1v) is 9.00. The van der Waals surface area contributed by atoms with Gasteiger partial charge in [0, 0.05) is 18.0 Å². The Morgan fingerprint density at radius 1 is 1.35 bits per heavy atom. The summed E-state index contributed by atoms with van der Waals surface area (Å²) < 4.78 is 25.0. The van der Waals surface area contributed by atoms with Crippen LogP contribution in [0.3, 0.4) is 0 Å². The van der Waals surface area contributed by atoms with Gasteiger partial charge >= 0.3 is 0 Å². The maximum Gasteiger partial charge on any atom is 0.223 e. The number of hydrogen-bond donors (Lipinski definition) is 3. The molecule has 0 bridgehead atoms. The number of amides is 1.